The standard InChI is InChI=1S/C6H10N2S4/c1-3(2)4(7-5(9)10)8-6(11)12/h1-2H3,(H2,7,9,10)(H2,8,11,12). The van der Waals surface area contributed by atoms with Gasteiger partial charge in [-0.05, 0) is 19.4 Å². The van der Waals surface area contributed by atoms with Crippen molar-refractivity contribution in [2.75, 3.05) is 0 Å². The Balaban J connectivity index is 4.37. The molecule has 0 saturated heterocycles. The van der Waals surface area contributed by atoms with Gasteiger partial charge in [0.05, 0.1) is 0 Å². The molecule has 0 aromatic carbocycles. The van der Waals surface area contributed by atoms with Crippen molar-refractivity contribution in [1.82, 2.24) is 10.6 Å². The first-order chi connectivity index (χ1) is 5.43. The highest BCUT2D eigenvalue weighted by Crippen LogP contribution is 1.98. The van der Waals surface area contributed by atoms with Crippen LogP contribution < -0.4 is 10.6 Å². The molecule has 0 radical (unpaired) electrons. The zero-order chi connectivity index (χ0) is 9.72. The van der Waals surface area contributed by atoms with Gasteiger partial charge in [-0.15, -0.1) is 25.3 Å². The van der Waals surface area contributed by atoms with Gasteiger partial charge >= 0.3 is 0 Å². The molecule has 6 heteroatoms. The van der Waals surface area contributed by atoms with Gasteiger partial charge in [-0.3, -0.25) is 0 Å². The lowest BCUT2D eigenvalue weighted by Gasteiger charge is -2.11. The highest BCUT2D eigenvalue weighted by atomic mass is 32.1. The van der Waals surface area contributed by atoms with Crippen molar-refractivity contribution >= 4 is 58.3 Å². The molecule has 0 unspecified atom stereocenters. The Labute approximate surface area is 94.0 Å². The fourth-order valence-electron chi connectivity index (χ4n) is 0.495. The van der Waals surface area contributed by atoms with Crippen molar-refractivity contribution in [3.8, 4) is 0 Å². The summed E-state index contributed by atoms with van der Waals surface area (Å²) in [7, 11) is 0. The second kappa shape index (κ2) is 5.80. The van der Waals surface area contributed by atoms with Crippen molar-refractivity contribution in [3.05, 3.63) is 11.4 Å². The lowest BCUT2D eigenvalue weighted by Crippen LogP contribution is -2.30. The first-order valence-corrected chi connectivity index (χ1v) is 4.82. The second-order valence-corrected chi connectivity index (χ2v) is 4.55. The third kappa shape index (κ3) is 5.82. The molecule has 0 aliphatic heterocycles. The van der Waals surface area contributed by atoms with Gasteiger partial charge in [0.15, 0.2) is 0 Å². The first kappa shape index (κ1) is 12.2. The molecule has 0 bridgehead atoms. The molecule has 0 rings (SSSR count). The zero-order valence-electron chi connectivity index (χ0n) is 6.71. The van der Waals surface area contributed by atoms with Crippen LogP contribution in [0, 0.1) is 0 Å². The first-order valence-electron chi connectivity index (χ1n) is 3.11. The average molecular weight is 238 g/mol. The highest BCUT2D eigenvalue weighted by molar-refractivity contribution is 8.11. The fourth-order valence-corrected chi connectivity index (χ4v) is 0.923. The molecule has 12 heavy (non-hydrogen) atoms. The molecule has 0 aliphatic carbocycles. The Hall–Kier alpha value is 0.220. The lowest BCUT2D eigenvalue weighted by atomic mass is 10.3. The largest absolute Gasteiger partial charge is 0.328 e. The van der Waals surface area contributed by atoms with E-state index in [1.807, 2.05) is 13.8 Å². The van der Waals surface area contributed by atoms with E-state index < -0.39 is 0 Å². The van der Waals surface area contributed by atoms with Crippen LogP contribution in [0.15, 0.2) is 11.4 Å². The molecule has 2 nitrogen and oxygen atoms in total. The molecule has 0 heterocycles. The number of rotatable bonds is 2. The predicted octanol–water partition coefficient (Wildman–Crippen LogP) is 1.85. The summed E-state index contributed by atoms with van der Waals surface area (Å²) in [4.78, 5) is 0. The van der Waals surface area contributed by atoms with Gasteiger partial charge in [-0.25, -0.2) is 0 Å². The van der Waals surface area contributed by atoms with E-state index in [1.165, 1.54) is 0 Å². The molecule has 0 aliphatic rings. The van der Waals surface area contributed by atoms with Gasteiger partial charge in [-0.2, -0.15) is 0 Å². The summed E-state index contributed by atoms with van der Waals surface area (Å²) in [6.45, 7) is 3.85. The molecule has 0 saturated carbocycles. The molecular formula is C6H10N2S4. The normalized spacial score (nSPS) is 8.67. The summed E-state index contributed by atoms with van der Waals surface area (Å²) in [5.74, 6) is 0.731. The Morgan fingerprint density at radius 1 is 1.00 bits per heavy atom. The van der Waals surface area contributed by atoms with Crippen LogP contribution in [-0.2, 0) is 0 Å². The summed E-state index contributed by atoms with van der Waals surface area (Å²) in [5, 5.41) is 5.68. The van der Waals surface area contributed by atoms with Gasteiger partial charge in [0, 0.05) is 0 Å². The third-order valence-electron chi connectivity index (χ3n) is 0.964. The van der Waals surface area contributed by atoms with Crippen LogP contribution in [-0.4, -0.2) is 8.64 Å². The highest BCUT2D eigenvalue weighted by Gasteiger charge is 1.99. The van der Waals surface area contributed by atoms with Crippen LogP contribution in [0.2, 0.25) is 0 Å². The number of hydrogen-bond donors (Lipinski definition) is 4. The van der Waals surface area contributed by atoms with E-state index >= 15 is 0 Å². The number of nitrogens with one attached hydrogen (secondary N) is 2. The molecular weight excluding hydrogens is 228 g/mol. The number of thiocarbonyl (C=S) groups is 2. The van der Waals surface area contributed by atoms with Crippen molar-refractivity contribution in [2.45, 2.75) is 13.8 Å². The van der Waals surface area contributed by atoms with Crippen LogP contribution >= 0.6 is 49.7 Å². The van der Waals surface area contributed by atoms with Crippen molar-refractivity contribution in [2.24, 2.45) is 0 Å². The van der Waals surface area contributed by atoms with Crippen LogP contribution in [0.4, 0.5) is 0 Å². The molecule has 0 aromatic rings. The minimum Gasteiger partial charge on any atom is -0.328 e. The molecule has 0 spiro atoms. The number of thiol groups is 2. The SMILES string of the molecule is CC(C)=C(NC(=S)S)NC(=S)S. The Morgan fingerprint density at radius 2 is 1.33 bits per heavy atom. The minimum absolute atomic E-state index is 0.392. The summed E-state index contributed by atoms with van der Waals surface area (Å²) in [6, 6.07) is 0. The van der Waals surface area contributed by atoms with Gasteiger partial charge in [0.2, 0.25) is 0 Å². The Morgan fingerprint density at radius 3 is 1.50 bits per heavy atom. The van der Waals surface area contributed by atoms with Crippen molar-refractivity contribution in [3.63, 3.8) is 0 Å². The predicted molar refractivity (Wildman–Crippen MR) is 67.8 cm³/mol. The van der Waals surface area contributed by atoms with E-state index in [2.05, 4.69) is 35.9 Å². The summed E-state index contributed by atoms with van der Waals surface area (Å²) < 4.78 is 0.784. The molecule has 0 aromatic heterocycles. The average Bonchev–Trinajstić information content (AvgIpc) is 1.83. The summed E-state index contributed by atoms with van der Waals surface area (Å²) >= 11 is 17.4. The molecule has 0 atom stereocenters. The van der Waals surface area contributed by atoms with E-state index in [0.717, 1.165) is 11.4 Å². The maximum absolute atomic E-state index is 4.75. The maximum Gasteiger partial charge on any atom is 0.136 e. The van der Waals surface area contributed by atoms with Gasteiger partial charge in [0.25, 0.3) is 0 Å². The van der Waals surface area contributed by atoms with Crippen LogP contribution in [0.25, 0.3) is 0 Å². The van der Waals surface area contributed by atoms with E-state index in [-0.39, 0.29) is 0 Å². The van der Waals surface area contributed by atoms with Crippen LogP contribution in [0.5, 0.6) is 0 Å². The second-order valence-electron chi connectivity index (χ2n) is 2.24. The van der Waals surface area contributed by atoms with E-state index in [1.54, 1.807) is 0 Å². The number of allylic oxidation sites excluding steroid dienone is 1. The number of hydrogen-bond acceptors (Lipinski definition) is 2. The third-order valence-corrected chi connectivity index (χ3v) is 1.39. The van der Waals surface area contributed by atoms with Crippen molar-refractivity contribution in [1.29, 1.82) is 0 Å². The van der Waals surface area contributed by atoms with Crippen LogP contribution in [0.3, 0.4) is 0 Å². The summed E-state index contributed by atoms with van der Waals surface area (Å²) in [5.41, 5.74) is 1.03. The minimum atomic E-state index is 0.392. The van der Waals surface area contributed by atoms with E-state index in [9.17, 15) is 0 Å². The Kier molecular flexibility index (Phi) is 5.90. The Bertz CT molecular complexity index is 212. The summed E-state index contributed by atoms with van der Waals surface area (Å²) in [6.07, 6.45) is 0. The topological polar surface area (TPSA) is 24.1 Å². The molecule has 0 amide bonds. The van der Waals surface area contributed by atoms with E-state index in [0.29, 0.717) is 8.64 Å². The zero-order valence-corrected chi connectivity index (χ0v) is 10.1. The monoisotopic (exact) mass is 238 g/mol. The molecule has 2 N–H and O–H groups in total. The van der Waals surface area contributed by atoms with Gasteiger partial charge < -0.3 is 10.6 Å². The smallest absolute Gasteiger partial charge is 0.136 e. The fraction of sp³-hybridized carbons (Fsp3) is 0.333. The maximum atomic E-state index is 4.75. The lowest BCUT2D eigenvalue weighted by molar-refractivity contribution is 0.974. The van der Waals surface area contributed by atoms with E-state index in [4.69, 9.17) is 24.4 Å². The molecule has 0 fully saturated rings. The molecule has 68 valence electrons. The van der Waals surface area contributed by atoms with Gasteiger partial charge in [-0.1, -0.05) is 24.4 Å². The van der Waals surface area contributed by atoms with Crippen molar-refractivity contribution < 1.29 is 0 Å². The van der Waals surface area contributed by atoms with Crippen LogP contribution in [0.1, 0.15) is 13.8 Å². The quantitative estimate of drug-likeness (QED) is 0.436. The van der Waals surface area contributed by atoms with Gasteiger partial charge in [0.1, 0.15) is 14.5 Å².